The first-order valence-electron chi connectivity index (χ1n) is 9.96. The molecule has 1 aromatic heterocycles. The Kier molecular flexibility index (Phi) is 8.05. The third-order valence-corrected chi connectivity index (χ3v) is 5.22. The van der Waals surface area contributed by atoms with Crippen LogP contribution in [0.2, 0.25) is 0 Å². The summed E-state index contributed by atoms with van der Waals surface area (Å²) >= 11 is 0. The second kappa shape index (κ2) is 10.3. The number of rotatable bonds is 10. The molecule has 0 saturated heterocycles. The van der Waals surface area contributed by atoms with Crippen LogP contribution in [0.5, 0.6) is 5.75 Å². The maximum absolute atomic E-state index is 12.3. The Morgan fingerprint density at radius 2 is 1.93 bits per heavy atom. The van der Waals surface area contributed by atoms with Gasteiger partial charge in [0.05, 0.1) is 13.7 Å². The van der Waals surface area contributed by atoms with Crippen LogP contribution >= 0.6 is 0 Å². The number of carbonyl (C=O) groups is 1. The van der Waals surface area contributed by atoms with Crippen molar-refractivity contribution in [3.63, 3.8) is 0 Å². The van der Waals surface area contributed by atoms with Gasteiger partial charge in [0.25, 0.3) is 5.91 Å². The van der Waals surface area contributed by atoms with Crippen molar-refractivity contribution in [2.75, 3.05) is 7.11 Å². The van der Waals surface area contributed by atoms with E-state index in [2.05, 4.69) is 42.0 Å². The van der Waals surface area contributed by atoms with Crippen molar-refractivity contribution in [2.24, 2.45) is 5.92 Å². The van der Waals surface area contributed by atoms with Gasteiger partial charge in [0.2, 0.25) is 5.89 Å². The van der Waals surface area contributed by atoms with Crippen LogP contribution < -0.4 is 10.1 Å². The van der Waals surface area contributed by atoms with Gasteiger partial charge in [-0.25, -0.2) is 4.98 Å². The van der Waals surface area contributed by atoms with Gasteiger partial charge in [0.1, 0.15) is 12.0 Å². The molecule has 154 valence electrons. The molecule has 6 nitrogen and oxygen atoms in total. The van der Waals surface area contributed by atoms with Crippen molar-refractivity contribution in [1.82, 2.24) is 15.2 Å². The van der Waals surface area contributed by atoms with Crippen LogP contribution in [-0.2, 0) is 13.1 Å². The molecule has 1 heterocycles. The van der Waals surface area contributed by atoms with Crippen molar-refractivity contribution in [2.45, 2.75) is 66.2 Å². The van der Waals surface area contributed by atoms with Crippen LogP contribution in [0.15, 0.2) is 34.9 Å². The van der Waals surface area contributed by atoms with Gasteiger partial charge in [-0.3, -0.25) is 9.69 Å². The molecule has 0 aliphatic carbocycles. The molecule has 1 amide bonds. The summed E-state index contributed by atoms with van der Waals surface area (Å²) in [7, 11) is 1.69. The number of amides is 1. The number of carbonyl (C=O) groups excluding carboxylic acids is 1. The van der Waals surface area contributed by atoms with E-state index in [4.69, 9.17) is 9.15 Å². The van der Waals surface area contributed by atoms with E-state index >= 15 is 0 Å². The molecule has 0 aliphatic rings. The van der Waals surface area contributed by atoms with Gasteiger partial charge in [-0.05, 0) is 32.3 Å². The van der Waals surface area contributed by atoms with Crippen molar-refractivity contribution >= 4 is 5.91 Å². The number of aromatic nitrogens is 1. The standard InChI is InChI=1S/C22H33N3O3/c1-7-16(4)23-22(26)19-14-28-21(24-19)13-25(17(5)15(2)3)12-18-10-8-9-11-20(18)27-6/h8-11,14-17H,7,12-13H2,1-6H3,(H,23,26). The number of ether oxygens (including phenoxy) is 1. The zero-order valence-electron chi connectivity index (χ0n) is 17.9. The largest absolute Gasteiger partial charge is 0.496 e. The molecule has 0 spiro atoms. The van der Waals surface area contributed by atoms with Crippen LogP contribution in [0.1, 0.15) is 63.0 Å². The van der Waals surface area contributed by atoms with E-state index in [0.717, 1.165) is 17.7 Å². The number of oxazole rings is 1. The van der Waals surface area contributed by atoms with Crippen LogP contribution in [0.4, 0.5) is 0 Å². The second-order valence-electron chi connectivity index (χ2n) is 7.61. The van der Waals surface area contributed by atoms with Gasteiger partial charge in [0, 0.05) is 24.2 Å². The predicted molar refractivity (Wildman–Crippen MR) is 110 cm³/mol. The first-order valence-corrected chi connectivity index (χ1v) is 9.96. The van der Waals surface area contributed by atoms with Gasteiger partial charge in [0.15, 0.2) is 5.69 Å². The zero-order chi connectivity index (χ0) is 20.7. The molecule has 2 unspecified atom stereocenters. The van der Waals surface area contributed by atoms with E-state index in [1.165, 1.54) is 6.26 Å². The summed E-state index contributed by atoms with van der Waals surface area (Å²) in [6.45, 7) is 11.8. The first-order chi connectivity index (χ1) is 13.3. The number of hydrogen-bond donors (Lipinski definition) is 1. The van der Waals surface area contributed by atoms with E-state index in [0.29, 0.717) is 36.6 Å². The number of nitrogens with zero attached hydrogens (tertiary/aromatic N) is 2. The molecule has 0 radical (unpaired) electrons. The molecule has 2 aromatic rings. The SMILES string of the molecule is CCC(C)NC(=O)c1coc(CN(Cc2ccccc2OC)C(C)C(C)C)n1. The Balaban J connectivity index is 2.16. The fraction of sp³-hybridized carbons (Fsp3) is 0.545. The molecule has 0 fully saturated rings. The van der Waals surface area contributed by atoms with E-state index < -0.39 is 0 Å². The molecule has 0 saturated carbocycles. The summed E-state index contributed by atoms with van der Waals surface area (Å²) in [5, 5.41) is 2.92. The average Bonchev–Trinajstić information content (AvgIpc) is 3.15. The highest BCUT2D eigenvalue weighted by molar-refractivity contribution is 5.92. The van der Waals surface area contributed by atoms with Gasteiger partial charge in [-0.2, -0.15) is 0 Å². The minimum Gasteiger partial charge on any atom is -0.496 e. The fourth-order valence-electron chi connectivity index (χ4n) is 2.88. The molecule has 28 heavy (non-hydrogen) atoms. The Hall–Kier alpha value is -2.34. The van der Waals surface area contributed by atoms with Crippen LogP contribution in [0.3, 0.4) is 0 Å². The minimum absolute atomic E-state index is 0.107. The normalized spacial score (nSPS) is 13.6. The molecular formula is C22H33N3O3. The van der Waals surface area contributed by atoms with Crippen molar-refractivity contribution in [3.8, 4) is 5.75 Å². The van der Waals surface area contributed by atoms with Crippen LogP contribution in [0, 0.1) is 5.92 Å². The molecule has 2 rings (SSSR count). The summed E-state index contributed by atoms with van der Waals surface area (Å²) in [4.78, 5) is 19.0. The topological polar surface area (TPSA) is 67.6 Å². The van der Waals surface area contributed by atoms with E-state index in [1.807, 2.05) is 32.0 Å². The van der Waals surface area contributed by atoms with E-state index in [9.17, 15) is 4.79 Å². The molecule has 0 aliphatic heterocycles. The van der Waals surface area contributed by atoms with Gasteiger partial charge >= 0.3 is 0 Å². The highest BCUT2D eigenvalue weighted by atomic mass is 16.5. The molecule has 0 bridgehead atoms. The highest BCUT2D eigenvalue weighted by Gasteiger charge is 2.22. The Morgan fingerprint density at radius 3 is 2.57 bits per heavy atom. The van der Waals surface area contributed by atoms with Crippen molar-refractivity contribution in [1.29, 1.82) is 0 Å². The summed E-state index contributed by atoms with van der Waals surface area (Å²) in [6, 6.07) is 8.42. The summed E-state index contributed by atoms with van der Waals surface area (Å²) in [6.07, 6.45) is 2.31. The third-order valence-electron chi connectivity index (χ3n) is 5.22. The van der Waals surface area contributed by atoms with Gasteiger partial charge < -0.3 is 14.5 Å². The summed E-state index contributed by atoms with van der Waals surface area (Å²) < 4.78 is 11.1. The predicted octanol–water partition coefficient (Wildman–Crippen LogP) is 4.26. The lowest BCUT2D eigenvalue weighted by Crippen LogP contribution is -2.36. The molecule has 1 aromatic carbocycles. The number of methoxy groups -OCH3 is 1. The van der Waals surface area contributed by atoms with Crippen LogP contribution in [-0.4, -0.2) is 35.0 Å². The number of benzene rings is 1. The minimum atomic E-state index is -0.197. The van der Waals surface area contributed by atoms with Crippen molar-refractivity contribution in [3.05, 3.63) is 47.7 Å². The molecule has 2 atom stereocenters. The maximum Gasteiger partial charge on any atom is 0.273 e. The first kappa shape index (κ1) is 22.0. The smallest absolute Gasteiger partial charge is 0.273 e. The lowest BCUT2D eigenvalue weighted by Gasteiger charge is -2.31. The fourth-order valence-corrected chi connectivity index (χ4v) is 2.88. The van der Waals surface area contributed by atoms with E-state index in [1.54, 1.807) is 7.11 Å². The average molecular weight is 388 g/mol. The summed E-state index contributed by atoms with van der Waals surface area (Å²) in [5.41, 5.74) is 1.43. The maximum atomic E-state index is 12.3. The van der Waals surface area contributed by atoms with Crippen LogP contribution in [0.25, 0.3) is 0 Å². The molecule has 1 N–H and O–H groups in total. The number of nitrogens with one attached hydrogen (secondary N) is 1. The Morgan fingerprint density at radius 1 is 1.21 bits per heavy atom. The number of para-hydroxylation sites is 1. The highest BCUT2D eigenvalue weighted by Crippen LogP contribution is 2.23. The Labute approximate surface area is 168 Å². The second-order valence-corrected chi connectivity index (χ2v) is 7.61. The zero-order valence-corrected chi connectivity index (χ0v) is 17.9. The summed E-state index contributed by atoms with van der Waals surface area (Å²) in [5.74, 6) is 1.66. The third kappa shape index (κ3) is 5.83. The monoisotopic (exact) mass is 387 g/mol. The van der Waals surface area contributed by atoms with Gasteiger partial charge in [-0.15, -0.1) is 0 Å². The lowest BCUT2D eigenvalue weighted by atomic mass is 10.0. The van der Waals surface area contributed by atoms with Gasteiger partial charge in [-0.1, -0.05) is 39.0 Å². The Bertz CT molecular complexity index is 757. The van der Waals surface area contributed by atoms with Crippen molar-refractivity contribution < 1.29 is 13.9 Å². The quantitative estimate of drug-likeness (QED) is 0.660. The molecular weight excluding hydrogens is 354 g/mol. The number of hydrogen-bond acceptors (Lipinski definition) is 5. The lowest BCUT2D eigenvalue weighted by molar-refractivity contribution is 0.0934. The molecule has 6 heteroatoms. The van der Waals surface area contributed by atoms with E-state index in [-0.39, 0.29) is 11.9 Å².